The van der Waals surface area contributed by atoms with Crippen molar-refractivity contribution in [2.75, 3.05) is 39.3 Å². The molecule has 4 atom stereocenters. The number of carbonyl (C=O) groups excluding carboxylic acids is 8. The first kappa shape index (κ1) is 37.1. The summed E-state index contributed by atoms with van der Waals surface area (Å²) >= 11 is 0. The van der Waals surface area contributed by atoms with E-state index in [1.54, 1.807) is 0 Å². The number of carbonyl (C=O) groups is 9. The maximum atomic E-state index is 12.2. The lowest BCUT2D eigenvalue weighted by Gasteiger charge is -2.18. The summed E-state index contributed by atoms with van der Waals surface area (Å²) in [5.41, 5.74) is 10.3. The zero-order valence-electron chi connectivity index (χ0n) is 23.3. The van der Waals surface area contributed by atoms with Crippen LogP contribution in [0, 0.1) is 0 Å². The number of hydrogen-bond acceptors (Lipinski definition) is 11. The van der Waals surface area contributed by atoms with Crippen LogP contribution < -0.4 is 54.0 Å². The lowest BCUT2D eigenvalue weighted by atomic mass is 10.2. The molecule has 20 heteroatoms. The fourth-order valence-electron chi connectivity index (χ4n) is 2.73. The minimum Gasteiger partial charge on any atom is -0.480 e. The summed E-state index contributed by atoms with van der Waals surface area (Å²) in [6.45, 7) is 1.27. The van der Waals surface area contributed by atoms with Crippen molar-refractivity contribution in [3.8, 4) is 0 Å². The Bertz CT molecular complexity index is 1040. The van der Waals surface area contributed by atoms with Gasteiger partial charge in [-0.05, 0) is 20.8 Å². The lowest BCUT2D eigenvalue weighted by molar-refractivity contribution is -0.141. The summed E-state index contributed by atoms with van der Waals surface area (Å²) in [5, 5.41) is 26.8. The fourth-order valence-corrected chi connectivity index (χ4v) is 2.73. The molecule has 0 spiro atoms. The number of hydrogen-bond donors (Lipinski definition) is 11. The monoisotopic (exact) mass is 602 g/mol. The molecule has 0 saturated carbocycles. The van der Waals surface area contributed by atoms with Crippen LogP contribution in [0.3, 0.4) is 0 Å². The molecule has 236 valence electrons. The van der Waals surface area contributed by atoms with E-state index in [4.69, 9.17) is 16.6 Å². The molecular formula is C22H38N10O10. The smallest absolute Gasteiger partial charge is 0.327 e. The molecule has 0 aliphatic rings. The molecule has 8 amide bonds. The molecule has 20 nitrogen and oxygen atoms in total. The molecule has 0 aromatic rings. The number of nitrogens with two attached hydrogens (primary N) is 2. The van der Waals surface area contributed by atoms with Gasteiger partial charge in [-0.15, -0.1) is 0 Å². The Hall–Kier alpha value is -4.85. The maximum Gasteiger partial charge on any atom is 0.327 e. The van der Waals surface area contributed by atoms with Crippen molar-refractivity contribution >= 4 is 53.2 Å². The third-order valence-corrected chi connectivity index (χ3v) is 5.09. The molecule has 42 heavy (non-hydrogen) atoms. The van der Waals surface area contributed by atoms with Gasteiger partial charge in [-0.25, -0.2) is 4.79 Å². The summed E-state index contributed by atoms with van der Waals surface area (Å²) in [7, 11) is 0. The average molecular weight is 603 g/mol. The minimum absolute atomic E-state index is 0.304. The summed E-state index contributed by atoms with van der Waals surface area (Å²) in [6, 6.07) is -4.69. The Morgan fingerprint density at radius 2 is 0.881 bits per heavy atom. The lowest BCUT2D eigenvalue weighted by Crippen LogP contribution is -2.54. The second-order valence-electron chi connectivity index (χ2n) is 8.70. The summed E-state index contributed by atoms with van der Waals surface area (Å²) in [4.78, 5) is 106. The normalized spacial score (nSPS) is 13.1. The number of nitrogens with one attached hydrogen (secondary N) is 8. The van der Waals surface area contributed by atoms with Crippen LogP contribution in [-0.2, 0) is 43.2 Å². The Balaban J connectivity index is 4.38. The molecular weight excluding hydrogens is 564 g/mol. The third-order valence-electron chi connectivity index (χ3n) is 5.09. The number of carboxylic acids is 1. The van der Waals surface area contributed by atoms with Crippen LogP contribution in [0.1, 0.15) is 20.8 Å². The zero-order chi connectivity index (χ0) is 32.4. The molecule has 0 rings (SSSR count). The van der Waals surface area contributed by atoms with Gasteiger partial charge in [0, 0.05) is 6.54 Å². The van der Waals surface area contributed by atoms with Crippen molar-refractivity contribution in [2.45, 2.75) is 44.9 Å². The predicted octanol–water partition coefficient (Wildman–Crippen LogP) is -7.55. The first-order valence-electron chi connectivity index (χ1n) is 12.5. The van der Waals surface area contributed by atoms with Crippen LogP contribution in [0.4, 0.5) is 0 Å². The van der Waals surface area contributed by atoms with Crippen molar-refractivity contribution in [1.82, 2.24) is 42.5 Å². The molecule has 0 bridgehead atoms. The fraction of sp³-hybridized carbons (Fsp3) is 0.591. The maximum absolute atomic E-state index is 12.2. The highest BCUT2D eigenvalue weighted by Crippen LogP contribution is 1.89. The van der Waals surface area contributed by atoms with Crippen LogP contribution >= 0.6 is 0 Å². The second kappa shape index (κ2) is 19.3. The van der Waals surface area contributed by atoms with Gasteiger partial charge in [-0.1, -0.05) is 0 Å². The third kappa shape index (κ3) is 15.7. The number of amides is 8. The average Bonchev–Trinajstić information content (AvgIpc) is 2.94. The van der Waals surface area contributed by atoms with E-state index < -0.39 is 97.0 Å². The molecule has 0 aromatic heterocycles. The van der Waals surface area contributed by atoms with E-state index in [0.717, 1.165) is 0 Å². The van der Waals surface area contributed by atoms with Crippen LogP contribution in [0.15, 0.2) is 0 Å². The van der Waals surface area contributed by atoms with Crippen molar-refractivity contribution in [3.05, 3.63) is 0 Å². The Morgan fingerprint density at radius 3 is 1.26 bits per heavy atom. The molecule has 0 aromatic carbocycles. The summed E-state index contributed by atoms with van der Waals surface area (Å²) < 4.78 is 0. The first-order valence-corrected chi connectivity index (χ1v) is 12.5. The molecule has 13 N–H and O–H groups in total. The van der Waals surface area contributed by atoms with Gasteiger partial charge < -0.3 is 59.1 Å². The Morgan fingerprint density at radius 1 is 0.524 bits per heavy atom. The standard InChI is InChI=1S/C22H38N10O10/c1-10(29-16(35)7-26-15(34)6-25-14(33)5-24)19(38)27-8-17(36)30-11(2)20(39)28-9-18(37)31-12(3)21(40)32-13(4-23)22(41)42/h10-13H,4-9,23-24H2,1-3H3,(H,25,33)(H,26,34)(H,27,38)(H,28,39)(H,29,35)(H,30,36)(H,31,37)(H,32,40)(H,41,42). The summed E-state index contributed by atoms with van der Waals surface area (Å²) in [5.74, 6) is -7.13. The van der Waals surface area contributed by atoms with Gasteiger partial charge in [-0.2, -0.15) is 0 Å². The van der Waals surface area contributed by atoms with Crippen LogP contribution in [0.5, 0.6) is 0 Å². The van der Waals surface area contributed by atoms with E-state index in [-0.39, 0.29) is 19.6 Å². The molecule has 0 saturated heterocycles. The highest BCUT2D eigenvalue weighted by atomic mass is 16.4. The Labute approximate surface area is 240 Å². The topological polar surface area (TPSA) is 322 Å². The van der Waals surface area contributed by atoms with E-state index in [1.165, 1.54) is 20.8 Å². The van der Waals surface area contributed by atoms with Crippen LogP contribution in [-0.4, -0.2) is 122 Å². The number of carboxylic acid groups (broad SMARTS) is 1. The highest BCUT2D eigenvalue weighted by Gasteiger charge is 2.23. The van der Waals surface area contributed by atoms with Crippen molar-refractivity contribution in [2.24, 2.45) is 11.5 Å². The van der Waals surface area contributed by atoms with Gasteiger partial charge >= 0.3 is 5.97 Å². The van der Waals surface area contributed by atoms with Gasteiger partial charge in [0.1, 0.15) is 24.2 Å². The summed E-state index contributed by atoms with van der Waals surface area (Å²) in [6.07, 6.45) is 0. The van der Waals surface area contributed by atoms with Crippen molar-refractivity contribution < 1.29 is 48.3 Å². The quantitative estimate of drug-likeness (QED) is 0.0697. The van der Waals surface area contributed by atoms with E-state index in [0.29, 0.717) is 0 Å². The van der Waals surface area contributed by atoms with Crippen LogP contribution in [0.2, 0.25) is 0 Å². The van der Waals surface area contributed by atoms with Crippen LogP contribution in [0.25, 0.3) is 0 Å². The van der Waals surface area contributed by atoms with E-state index in [1.807, 2.05) is 0 Å². The molecule has 0 aliphatic heterocycles. The molecule has 0 aliphatic carbocycles. The van der Waals surface area contributed by atoms with E-state index in [9.17, 15) is 43.2 Å². The van der Waals surface area contributed by atoms with Gasteiger partial charge in [0.2, 0.25) is 47.3 Å². The predicted molar refractivity (Wildman–Crippen MR) is 143 cm³/mol. The van der Waals surface area contributed by atoms with Gasteiger partial charge in [0.15, 0.2) is 0 Å². The zero-order valence-corrected chi connectivity index (χ0v) is 23.3. The van der Waals surface area contributed by atoms with Crippen molar-refractivity contribution in [1.29, 1.82) is 0 Å². The van der Waals surface area contributed by atoms with E-state index >= 15 is 0 Å². The van der Waals surface area contributed by atoms with Crippen molar-refractivity contribution in [3.63, 3.8) is 0 Å². The van der Waals surface area contributed by atoms with Gasteiger partial charge in [0.25, 0.3) is 0 Å². The first-order chi connectivity index (χ1) is 19.6. The van der Waals surface area contributed by atoms with Gasteiger partial charge in [0.05, 0.1) is 32.7 Å². The molecule has 4 unspecified atom stereocenters. The number of rotatable bonds is 18. The highest BCUT2D eigenvalue weighted by molar-refractivity contribution is 5.95. The molecule has 0 radical (unpaired) electrons. The minimum atomic E-state index is -1.35. The number of aliphatic carboxylic acids is 1. The molecule has 0 fully saturated rings. The second-order valence-corrected chi connectivity index (χ2v) is 8.70. The van der Waals surface area contributed by atoms with Gasteiger partial charge in [-0.3, -0.25) is 38.4 Å². The largest absolute Gasteiger partial charge is 0.480 e. The van der Waals surface area contributed by atoms with E-state index in [2.05, 4.69) is 42.5 Å². The molecule has 0 heterocycles. The SMILES string of the molecule is CC(NC(=O)CNC(=O)CNC(=O)CN)C(=O)NCC(=O)NC(C)C(=O)NCC(=O)NC(C)C(=O)NC(CN)C(=O)O. The Kier molecular flexibility index (Phi) is 17.0.